The van der Waals surface area contributed by atoms with Gasteiger partial charge in [-0.2, -0.15) is 0 Å². The van der Waals surface area contributed by atoms with Crippen molar-refractivity contribution < 1.29 is 19.4 Å². The number of rotatable bonds is 4. The van der Waals surface area contributed by atoms with Crippen LogP contribution in [0.15, 0.2) is 23.7 Å². The molecule has 0 saturated carbocycles. The van der Waals surface area contributed by atoms with Crippen molar-refractivity contribution in [3.05, 3.63) is 29.4 Å². The minimum Gasteiger partial charge on any atom is -0.493 e. The second-order valence-electron chi connectivity index (χ2n) is 3.41. The summed E-state index contributed by atoms with van der Waals surface area (Å²) in [5, 5.41) is 9.03. The van der Waals surface area contributed by atoms with E-state index in [2.05, 4.69) is 4.98 Å². The van der Waals surface area contributed by atoms with Gasteiger partial charge in [-0.25, -0.2) is 9.78 Å². The van der Waals surface area contributed by atoms with Gasteiger partial charge in [-0.05, 0) is 23.8 Å². The van der Waals surface area contributed by atoms with Crippen molar-refractivity contribution in [3.63, 3.8) is 0 Å². The zero-order valence-corrected chi connectivity index (χ0v) is 10.7. The van der Waals surface area contributed by atoms with E-state index in [1.165, 1.54) is 24.0 Å². The first-order valence-corrected chi connectivity index (χ1v) is 5.94. The van der Waals surface area contributed by atoms with Crippen molar-refractivity contribution in [2.45, 2.75) is 0 Å². The number of thiazole rings is 1. The summed E-state index contributed by atoms with van der Waals surface area (Å²) in [6.45, 7) is 0. The number of hydrogen-bond acceptors (Lipinski definition) is 5. The highest BCUT2D eigenvalue weighted by Gasteiger charge is 2.16. The highest BCUT2D eigenvalue weighted by Crippen LogP contribution is 2.35. The molecular weight excluding hydrogens is 254 g/mol. The van der Waals surface area contributed by atoms with Gasteiger partial charge in [-0.1, -0.05) is 0 Å². The van der Waals surface area contributed by atoms with Crippen LogP contribution in [0.3, 0.4) is 0 Å². The molecule has 0 radical (unpaired) electrons. The minimum absolute atomic E-state index is 0.0484. The van der Waals surface area contributed by atoms with Gasteiger partial charge < -0.3 is 14.6 Å². The normalized spacial score (nSPS) is 10.1. The highest BCUT2D eigenvalue weighted by atomic mass is 32.1. The first-order chi connectivity index (χ1) is 8.67. The molecule has 94 valence electrons. The SMILES string of the molecule is COc1ccc(-c2scnc2C(=O)O)cc1OC. The van der Waals surface area contributed by atoms with Gasteiger partial charge in [0.2, 0.25) is 0 Å². The van der Waals surface area contributed by atoms with Crippen molar-refractivity contribution in [1.29, 1.82) is 0 Å². The molecule has 0 aliphatic rings. The Hall–Kier alpha value is -2.08. The maximum atomic E-state index is 11.0. The molecule has 2 aromatic rings. The largest absolute Gasteiger partial charge is 0.493 e. The minimum atomic E-state index is -1.04. The van der Waals surface area contributed by atoms with Crippen LogP contribution < -0.4 is 9.47 Å². The summed E-state index contributed by atoms with van der Waals surface area (Å²) in [6.07, 6.45) is 0. The molecule has 0 aliphatic carbocycles. The Morgan fingerprint density at radius 2 is 2.00 bits per heavy atom. The van der Waals surface area contributed by atoms with Gasteiger partial charge in [0.15, 0.2) is 17.2 Å². The van der Waals surface area contributed by atoms with Crippen LogP contribution in [0.4, 0.5) is 0 Å². The number of carboxylic acid groups (broad SMARTS) is 1. The fourth-order valence-electron chi connectivity index (χ4n) is 1.58. The Labute approximate surface area is 108 Å². The summed E-state index contributed by atoms with van der Waals surface area (Å²) in [6, 6.07) is 5.25. The van der Waals surface area contributed by atoms with Crippen molar-refractivity contribution in [2.75, 3.05) is 14.2 Å². The van der Waals surface area contributed by atoms with E-state index in [0.29, 0.717) is 16.4 Å². The third kappa shape index (κ3) is 2.14. The van der Waals surface area contributed by atoms with Crippen LogP contribution in [0, 0.1) is 0 Å². The van der Waals surface area contributed by atoms with E-state index in [0.717, 1.165) is 5.56 Å². The molecule has 0 amide bonds. The number of benzene rings is 1. The van der Waals surface area contributed by atoms with Gasteiger partial charge >= 0.3 is 5.97 Å². The smallest absolute Gasteiger partial charge is 0.356 e. The van der Waals surface area contributed by atoms with Crippen molar-refractivity contribution in [2.24, 2.45) is 0 Å². The quantitative estimate of drug-likeness (QED) is 0.920. The maximum Gasteiger partial charge on any atom is 0.356 e. The monoisotopic (exact) mass is 265 g/mol. The summed E-state index contributed by atoms with van der Waals surface area (Å²) < 4.78 is 10.3. The number of aromatic nitrogens is 1. The number of methoxy groups -OCH3 is 2. The molecule has 2 rings (SSSR count). The standard InChI is InChI=1S/C12H11NO4S/c1-16-8-4-3-7(5-9(8)17-2)11-10(12(14)15)13-6-18-11/h3-6H,1-2H3,(H,14,15). The molecule has 0 spiro atoms. The lowest BCUT2D eigenvalue weighted by molar-refractivity contribution is 0.0692. The average molecular weight is 265 g/mol. The molecule has 0 unspecified atom stereocenters. The lowest BCUT2D eigenvalue weighted by Gasteiger charge is -2.08. The van der Waals surface area contributed by atoms with E-state index in [4.69, 9.17) is 14.6 Å². The van der Waals surface area contributed by atoms with Gasteiger partial charge in [0.25, 0.3) is 0 Å². The summed E-state index contributed by atoms with van der Waals surface area (Å²) >= 11 is 1.28. The second kappa shape index (κ2) is 5.05. The molecule has 5 nitrogen and oxygen atoms in total. The van der Waals surface area contributed by atoms with Crippen LogP contribution in [0.5, 0.6) is 11.5 Å². The average Bonchev–Trinajstić information content (AvgIpc) is 2.87. The number of ether oxygens (including phenoxy) is 2. The van der Waals surface area contributed by atoms with Gasteiger partial charge in [0.05, 0.1) is 24.6 Å². The van der Waals surface area contributed by atoms with Gasteiger partial charge in [-0.3, -0.25) is 0 Å². The molecule has 18 heavy (non-hydrogen) atoms. The van der Waals surface area contributed by atoms with Crippen LogP contribution >= 0.6 is 11.3 Å². The zero-order chi connectivity index (χ0) is 13.1. The molecule has 6 heteroatoms. The number of hydrogen-bond donors (Lipinski definition) is 1. The third-order valence-electron chi connectivity index (χ3n) is 2.42. The first kappa shape index (κ1) is 12.4. The lowest BCUT2D eigenvalue weighted by Crippen LogP contribution is -1.98. The fourth-order valence-corrected chi connectivity index (χ4v) is 2.36. The van der Waals surface area contributed by atoms with Gasteiger partial charge in [0, 0.05) is 0 Å². The molecular formula is C12H11NO4S. The van der Waals surface area contributed by atoms with Crippen LogP contribution in [0.25, 0.3) is 10.4 Å². The molecule has 0 aliphatic heterocycles. The van der Waals surface area contributed by atoms with Gasteiger partial charge in [0.1, 0.15) is 0 Å². The Bertz CT molecular complexity index is 579. The summed E-state index contributed by atoms with van der Waals surface area (Å²) in [5.41, 5.74) is 2.30. The predicted octanol–water partition coefficient (Wildman–Crippen LogP) is 2.53. The molecule has 0 fully saturated rings. The highest BCUT2D eigenvalue weighted by molar-refractivity contribution is 7.13. The molecule has 1 aromatic carbocycles. The van der Waals surface area contributed by atoms with E-state index in [1.54, 1.807) is 25.3 Å². The Balaban J connectivity index is 2.51. The summed E-state index contributed by atoms with van der Waals surface area (Å²) in [4.78, 5) is 15.5. The van der Waals surface area contributed by atoms with Gasteiger partial charge in [-0.15, -0.1) is 11.3 Å². The van der Waals surface area contributed by atoms with Crippen LogP contribution in [0.2, 0.25) is 0 Å². The summed E-state index contributed by atoms with van der Waals surface area (Å²) in [7, 11) is 3.08. The number of carbonyl (C=O) groups is 1. The molecule has 0 bridgehead atoms. The number of carboxylic acids is 1. The van der Waals surface area contributed by atoms with E-state index in [1.807, 2.05) is 0 Å². The van der Waals surface area contributed by atoms with Crippen molar-refractivity contribution in [1.82, 2.24) is 4.98 Å². The second-order valence-corrected chi connectivity index (χ2v) is 4.26. The Kier molecular flexibility index (Phi) is 3.47. The summed E-state index contributed by atoms with van der Waals surface area (Å²) in [5.74, 6) is 0.114. The molecule has 1 aromatic heterocycles. The van der Waals surface area contributed by atoms with E-state index in [-0.39, 0.29) is 5.69 Å². The third-order valence-corrected chi connectivity index (χ3v) is 3.29. The van der Waals surface area contributed by atoms with E-state index >= 15 is 0 Å². The lowest BCUT2D eigenvalue weighted by atomic mass is 10.1. The topological polar surface area (TPSA) is 68.7 Å². The molecule has 0 saturated heterocycles. The zero-order valence-electron chi connectivity index (χ0n) is 9.84. The molecule has 1 heterocycles. The number of aromatic carboxylic acids is 1. The Morgan fingerprint density at radius 1 is 1.28 bits per heavy atom. The van der Waals surface area contributed by atoms with Crippen molar-refractivity contribution >= 4 is 17.3 Å². The van der Waals surface area contributed by atoms with E-state index in [9.17, 15) is 4.79 Å². The predicted molar refractivity (Wildman–Crippen MR) is 67.6 cm³/mol. The maximum absolute atomic E-state index is 11.0. The molecule has 1 N–H and O–H groups in total. The van der Waals surface area contributed by atoms with Crippen LogP contribution in [-0.2, 0) is 0 Å². The fraction of sp³-hybridized carbons (Fsp3) is 0.167. The van der Waals surface area contributed by atoms with E-state index < -0.39 is 5.97 Å². The first-order valence-electron chi connectivity index (χ1n) is 5.06. The van der Waals surface area contributed by atoms with Crippen molar-refractivity contribution in [3.8, 4) is 21.9 Å². The number of nitrogens with zero attached hydrogens (tertiary/aromatic N) is 1. The Morgan fingerprint density at radius 3 is 2.61 bits per heavy atom. The van der Waals surface area contributed by atoms with Crippen LogP contribution in [0.1, 0.15) is 10.5 Å². The van der Waals surface area contributed by atoms with Crippen LogP contribution in [-0.4, -0.2) is 30.3 Å². The molecule has 0 atom stereocenters.